The normalized spacial score (nSPS) is 19.2. The van der Waals surface area contributed by atoms with Crippen LogP contribution in [0.15, 0.2) is 29.6 Å². The average Bonchev–Trinajstić information content (AvgIpc) is 2.96. The number of hydrogen-bond donors (Lipinski definition) is 2. The van der Waals surface area contributed by atoms with E-state index in [-0.39, 0.29) is 6.10 Å². The van der Waals surface area contributed by atoms with Crippen molar-refractivity contribution < 1.29 is 4.74 Å². The molecule has 19 heavy (non-hydrogen) atoms. The van der Waals surface area contributed by atoms with Crippen LogP contribution in [0.3, 0.4) is 0 Å². The third-order valence-electron chi connectivity index (χ3n) is 2.94. The molecule has 0 radical (unpaired) electrons. The maximum Gasteiger partial charge on any atom is 0.187 e. The molecule has 0 saturated carbocycles. The van der Waals surface area contributed by atoms with Crippen LogP contribution in [0.4, 0.5) is 0 Å². The van der Waals surface area contributed by atoms with Gasteiger partial charge in [-0.3, -0.25) is 10.4 Å². The van der Waals surface area contributed by atoms with Crippen molar-refractivity contribution in [2.75, 3.05) is 13.2 Å². The number of nitrogens with one attached hydrogen (secondary N) is 2. The first-order chi connectivity index (χ1) is 9.25. The molecule has 1 saturated heterocycles. The number of hydrazone groups is 1. The summed E-state index contributed by atoms with van der Waals surface area (Å²) in [7, 11) is 0. The van der Waals surface area contributed by atoms with Gasteiger partial charge >= 0.3 is 0 Å². The van der Waals surface area contributed by atoms with Crippen molar-refractivity contribution in [3.8, 4) is 0 Å². The topological polar surface area (TPSA) is 58.5 Å². The molecule has 1 aliphatic heterocycles. The largest absolute Gasteiger partial charge is 0.376 e. The van der Waals surface area contributed by atoms with Crippen molar-refractivity contribution in [1.29, 1.82) is 0 Å². The number of thiocarbonyl (C=S) groups is 1. The van der Waals surface area contributed by atoms with Crippen LogP contribution in [-0.4, -0.2) is 35.1 Å². The minimum absolute atomic E-state index is 0.269. The highest BCUT2D eigenvalue weighted by Gasteiger charge is 2.14. The molecule has 0 aliphatic carbocycles. The van der Waals surface area contributed by atoms with E-state index < -0.39 is 0 Å². The summed E-state index contributed by atoms with van der Waals surface area (Å²) in [6.45, 7) is 3.51. The van der Waals surface area contributed by atoms with Gasteiger partial charge in [0, 0.05) is 31.1 Å². The highest BCUT2D eigenvalue weighted by molar-refractivity contribution is 7.80. The van der Waals surface area contributed by atoms with Gasteiger partial charge in [0.05, 0.1) is 11.8 Å². The standard InChI is InChI=1S/C13H18N4OS/c1-10(11-4-6-14-7-5-11)16-17-13(19)15-9-12-3-2-8-18-12/h4-7,12H,2-3,8-9H2,1H3,(H2,15,17,19)/b16-10-/t12-/m0/s1. The molecule has 2 rings (SSSR count). The fraction of sp³-hybridized carbons (Fsp3) is 0.462. The molecule has 0 amide bonds. The summed E-state index contributed by atoms with van der Waals surface area (Å²) in [4.78, 5) is 3.97. The number of aromatic nitrogens is 1. The van der Waals surface area contributed by atoms with Crippen LogP contribution < -0.4 is 10.7 Å². The second-order valence-electron chi connectivity index (χ2n) is 4.39. The molecule has 1 fully saturated rings. The second kappa shape index (κ2) is 7.16. The first-order valence-electron chi connectivity index (χ1n) is 6.36. The summed E-state index contributed by atoms with van der Waals surface area (Å²) in [5.41, 5.74) is 4.72. The van der Waals surface area contributed by atoms with Gasteiger partial charge in [-0.25, -0.2) is 0 Å². The molecule has 1 aromatic rings. The predicted molar refractivity (Wildman–Crippen MR) is 79.2 cm³/mol. The lowest BCUT2D eigenvalue weighted by Crippen LogP contribution is -2.37. The zero-order valence-corrected chi connectivity index (χ0v) is 11.7. The van der Waals surface area contributed by atoms with E-state index in [0.29, 0.717) is 5.11 Å². The maximum atomic E-state index is 5.51. The molecule has 0 unspecified atom stereocenters. The molecule has 1 aliphatic rings. The summed E-state index contributed by atoms with van der Waals surface area (Å²) in [6, 6.07) is 3.81. The Labute approximate surface area is 118 Å². The Morgan fingerprint density at radius 1 is 1.53 bits per heavy atom. The van der Waals surface area contributed by atoms with Crippen molar-refractivity contribution in [3.63, 3.8) is 0 Å². The Morgan fingerprint density at radius 3 is 3.00 bits per heavy atom. The molecule has 0 spiro atoms. The van der Waals surface area contributed by atoms with Crippen LogP contribution in [0, 0.1) is 0 Å². The maximum absolute atomic E-state index is 5.51. The highest BCUT2D eigenvalue weighted by Crippen LogP contribution is 2.10. The van der Waals surface area contributed by atoms with Gasteiger partial charge in [0.1, 0.15) is 0 Å². The summed E-state index contributed by atoms with van der Waals surface area (Å²) < 4.78 is 5.51. The van der Waals surface area contributed by atoms with Gasteiger partial charge in [0.15, 0.2) is 5.11 Å². The number of hydrogen-bond acceptors (Lipinski definition) is 4. The quantitative estimate of drug-likeness (QED) is 0.496. The highest BCUT2D eigenvalue weighted by atomic mass is 32.1. The van der Waals surface area contributed by atoms with Crippen molar-refractivity contribution in [2.24, 2.45) is 5.10 Å². The molecule has 0 bridgehead atoms. The molecule has 6 heteroatoms. The third-order valence-corrected chi connectivity index (χ3v) is 3.17. The van der Waals surface area contributed by atoms with Crippen LogP contribution in [0.25, 0.3) is 0 Å². The Bertz CT molecular complexity index is 443. The Morgan fingerprint density at radius 2 is 2.32 bits per heavy atom. The van der Waals surface area contributed by atoms with E-state index in [1.54, 1.807) is 12.4 Å². The zero-order chi connectivity index (χ0) is 13.5. The monoisotopic (exact) mass is 278 g/mol. The fourth-order valence-electron chi connectivity index (χ4n) is 1.84. The summed E-state index contributed by atoms with van der Waals surface area (Å²) >= 11 is 5.16. The first kappa shape index (κ1) is 13.9. The molecular formula is C13H18N4OS. The van der Waals surface area contributed by atoms with Gasteiger partial charge in [0.25, 0.3) is 0 Å². The van der Waals surface area contributed by atoms with Crippen molar-refractivity contribution in [3.05, 3.63) is 30.1 Å². The van der Waals surface area contributed by atoms with Gasteiger partial charge in [0.2, 0.25) is 0 Å². The predicted octanol–water partition coefficient (Wildman–Crippen LogP) is 1.45. The van der Waals surface area contributed by atoms with Crippen LogP contribution >= 0.6 is 12.2 Å². The fourth-order valence-corrected chi connectivity index (χ4v) is 1.97. The molecule has 5 nitrogen and oxygen atoms in total. The van der Waals surface area contributed by atoms with E-state index in [1.165, 1.54) is 0 Å². The Kier molecular flexibility index (Phi) is 5.23. The van der Waals surface area contributed by atoms with Gasteiger partial charge in [-0.2, -0.15) is 5.10 Å². The van der Waals surface area contributed by atoms with Crippen molar-refractivity contribution in [2.45, 2.75) is 25.9 Å². The Balaban J connectivity index is 1.76. The van der Waals surface area contributed by atoms with E-state index in [0.717, 1.165) is 37.3 Å². The lowest BCUT2D eigenvalue weighted by molar-refractivity contribution is 0.114. The van der Waals surface area contributed by atoms with Gasteiger partial charge in [-0.15, -0.1) is 0 Å². The van der Waals surface area contributed by atoms with Crippen LogP contribution in [0.1, 0.15) is 25.3 Å². The minimum atomic E-state index is 0.269. The van der Waals surface area contributed by atoms with Gasteiger partial charge in [-0.05, 0) is 44.1 Å². The lowest BCUT2D eigenvalue weighted by atomic mass is 10.2. The van der Waals surface area contributed by atoms with E-state index in [1.807, 2.05) is 19.1 Å². The molecular weight excluding hydrogens is 260 g/mol. The van der Waals surface area contributed by atoms with E-state index in [9.17, 15) is 0 Å². The molecule has 1 aromatic heterocycles. The van der Waals surface area contributed by atoms with Gasteiger partial charge < -0.3 is 10.1 Å². The lowest BCUT2D eigenvalue weighted by Gasteiger charge is -2.12. The van der Waals surface area contributed by atoms with Crippen molar-refractivity contribution >= 4 is 23.0 Å². The molecule has 2 heterocycles. The number of rotatable bonds is 4. The molecule has 1 atom stereocenters. The zero-order valence-electron chi connectivity index (χ0n) is 10.9. The van der Waals surface area contributed by atoms with Gasteiger partial charge in [-0.1, -0.05) is 0 Å². The van der Waals surface area contributed by atoms with E-state index in [4.69, 9.17) is 17.0 Å². The van der Waals surface area contributed by atoms with Crippen LogP contribution in [0.5, 0.6) is 0 Å². The molecule has 0 aromatic carbocycles. The Hall–Kier alpha value is -1.53. The summed E-state index contributed by atoms with van der Waals surface area (Å²) in [5.74, 6) is 0. The SMILES string of the molecule is C/C(=N/NC(=S)NC[C@@H]1CCCO1)c1ccncc1. The number of nitrogens with zero attached hydrogens (tertiary/aromatic N) is 2. The van der Waals surface area contributed by atoms with E-state index >= 15 is 0 Å². The third kappa shape index (κ3) is 4.57. The second-order valence-corrected chi connectivity index (χ2v) is 4.80. The molecule has 2 N–H and O–H groups in total. The van der Waals surface area contributed by atoms with E-state index in [2.05, 4.69) is 20.8 Å². The minimum Gasteiger partial charge on any atom is -0.376 e. The smallest absolute Gasteiger partial charge is 0.187 e. The average molecular weight is 278 g/mol. The summed E-state index contributed by atoms with van der Waals surface area (Å²) in [6.07, 6.45) is 5.97. The number of pyridine rings is 1. The number of ether oxygens (including phenoxy) is 1. The summed E-state index contributed by atoms with van der Waals surface area (Å²) in [5, 5.41) is 7.86. The van der Waals surface area contributed by atoms with Crippen molar-refractivity contribution in [1.82, 2.24) is 15.7 Å². The first-order valence-corrected chi connectivity index (χ1v) is 6.76. The van der Waals surface area contributed by atoms with Crippen LogP contribution in [-0.2, 0) is 4.74 Å². The van der Waals surface area contributed by atoms with Crippen LogP contribution in [0.2, 0.25) is 0 Å². The molecule has 102 valence electrons.